The van der Waals surface area contributed by atoms with E-state index in [0.29, 0.717) is 24.5 Å². The molecule has 0 aliphatic carbocycles. The summed E-state index contributed by atoms with van der Waals surface area (Å²) in [5, 5.41) is 10.2. The maximum Gasteiger partial charge on any atom is 0.321 e. The predicted molar refractivity (Wildman–Crippen MR) is 88.8 cm³/mol. The predicted octanol–water partition coefficient (Wildman–Crippen LogP) is 3.36. The lowest BCUT2D eigenvalue weighted by Crippen LogP contribution is -2.45. The van der Waals surface area contributed by atoms with Crippen LogP contribution in [-0.4, -0.2) is 29.1 Å². The number of fused-ring (bicyclic) bond motifs is 1. The molecule has 0 aromatic heterocycles. The van der Waals surface area contributed by atoms with Crippen LogP contribution in [0.15, 0.2) is 42.5 Å². The van der Waals surface area contributed by atoms with Crippen LogP contribution in [0.3, 0.4) is 0 Å². The van der Waals surface area contributed by atoms with Crippen LogP contribution < -0.4 is 4.74 Å². The largest absolute Gasteiger partial charge is 0.497 e. The average molecular weight is 332 g/mol. The molecular formula is C18H18ClNO3. The van der Waals surface area contributed by atoms with Gasteiger partial charge in [-0.15, -0.1) is 0 Å². The molecule has 0 spiro atoms. The number of carbonyl (C=O) groups is 1. The molecule has 1 aliphatic rings. The van der Waals surface area contributed by atoms with E-state index in [-0.39, 0.29) is 0 Å². The first-order chi connectivity index (χ1) is 11.1. The molecule has 1 atom stereocenters. The highest BCUT2D eigenvalue weighted by Crippen LogP contribution is 2.28. The lowest BCUT2D eigenvalue weighted by molar-refractivity contribution is -0.144. The number of ether oxygens (including phenoxy) is 1. The Morgan fingerprint density at radius 1 is 1.30 bits per heavy atom. The van der Waals surface area contributed by atoms with Crippen LogP contribution in [0.25, 0.3) is 0 Å². The molecule has 0 saturated heterocycles. The summed E-state index contributed by atoms with van der Waals surface area (Å²) in [6.07, 6.45) is 0.495. The minimum absolute atomic E-state index is 0.495. The third kappa shape index (κ3) is 3.49. The molecule has 0 amide bonds. The molecule has 1 aliphatic heterocycles. The smallest absolute Gasteiger partial charge is 0.321 e. The number of hydrogen-bond donors (Lipinski definition) is 1. The molecule has 2 aromatic rings. The van der Waals surface area contributed by atoms with Crippen molar-refractivity contribution >= 4 is 17.6 Å². The van der Waals surface area contributed by atoms with Gasteiger partial charge in [0.25, 0.3) is 0 Å². The third-order valence-corrected chi connectivity index (χ3v) is 4.44. The van der Waals surface area contributed by atoms with E-state index in [1.54, 1.807) is 7.11 Å². The van der Waals surface area contributed by atoms with Gasteiger partial charge in [-0.2, -0.15) is 0 Å². The van der Waals surface area contributed by atoms with Crippen molar-refractivity contribution in [3.8, 4) is 5.75 Å². The van der Waals surface area contributed by atoms with E-state index in [9.17, 15) is 9.90 Å². The second-order valence-corrected chi connectivity index (χ2v) is 6.16. The van der Waals surface area contributed by atoms with Crippen molar-refractivity contribution in [2.75, 3.05) is 7.11 Å². The lowest BCUT2D eigenvalue weighted by Gasteiger charge is -2.34. The van der Waals surface area contributed by atoms with Gasteiger partial charge in [-0.3, -0.25) is 9.69 Å². The molecular weight excluding hydrogens is 314 g/mol. The van der Waals surface area contributed by atoms with Crippen LogP contribution in [0.2, 0.25) is 5.02 Å². The summed E-state index contributed by atoms with van der Waals surface area (Å²) in [5.41, 5.74) is 3.19. The van der Waals surface area contributed by atoms with Gasteiger partial charge in [-0.1, -0.05) is 29.8 Å². The van der Waals surface area contributed by atoms with Crippen molar-refractivity contribution in [1.82, 2.24) is 4.90 Å². The van der Waals surface area contributed by atoms with Crippen molar-refractivity contribution in [3.63, 3.8) is 0 Å². The highest BCUT2D eigenvalue weighted by atomic mass is 35.5. The Kier molecular flexibility index (Phi) is 4.55. The Morgan fingerprint density at radius 3 is 2.83 bits per heavy atom. The molecule has 1 unspecified atom stereocenters. The molecule has 23 heavy (non-hydrogen) atoms. The molecule has 0 fully saturated rings. The summed E-state index contributed by atoms with van der Waals surface area (Å²) in [7, 11) is 1.63. The SMILES string of the molecule is COc1ccc2c(c1)CN(Cc1cccc(Cl)c1)C(C(=O)O)C2. The fraction of sp³-hybridized carbons (Fsp3) is 0.278. The van der Waals surface area contributed by atoms with Gasteiger partial charge in [0, 0.05) is 18.1 Å². The van der Waals surface area contributed by atoms with E-state index in [1.165, 1.54) is 0 Å². The van der Waals surface area contributed by atoms with Crippen LogP contribution >= 0.6 is 11.6 Å². The summed E-state index contributed by atoms with van der Waals surface area (Å²) < 4.78 is 5.27. The highest BCUT2D eigenvalue weighted by Gasteiger charge is 2.31. The number of aliphatic carboxylic acids is 1. The van der Waals surface area contributed by atoms with Crippen LogP contribution in [0.4, 0.5) is 0 Å². The quantitative estimate of drug-likeness (QED) is 0.933. The Morgan fingerprint density at radius 2 is 2.13 bits per heavy atom. The van der Waals surface area contributed by atoms with Crippen molar-refractivity contribution < 1.29 is 14.6 Å². The van der Waals surface area contributed by atoms with Crippen molar-refractivity contribution in [2.24, 2.45) is 0 Å². The van der Waals surface area contributed by atoms with Crippen molar-refractivity contribution in [3.05, 3.63) is 64.2 Å². The number of halogens is 1. The minimum Gasteiger partial charge on any atom is -0.497 e. The second kappa shape index (κ2) is 6.60. The molecule has 4 nitrogen and oxygen atoms in total. The first-order valence-corrected chi connectivity index (χ1v) is 7.81. The molecule has 0 radical (unpaired) electrons. The van der Waals surface area contributed by atoms with Gasteiger partial charge in [-0.25, -0.2) is 0 Å². The number of methoxy groups -OCH3 is 1. The first-order valence-electron chi connectivity index (χ1n) is 7.44. The van der Waals surface area contributed by atoms with Gasteiger partial charge in [0.2, 0.25) is 0 Å². The van der Waals surface area contributed by atoms with Gasteiger partial charge >= 0.3 is 5.97 Å². The summed E-state index contributed by atoms with van der Waals surface area (Å²) in [6, 6.07) is 12.8. The Hall–Kier alpha value is -2.04. The second-order valence-electron chi connectivity index (χ2n) is 5.73. The first kappa shape index (κ1) is 15.8. The zero-order chi connectivity index (χ0) is 16.4. The molecule has 0 bridgehead atoms. The minimum atomic E-state index is -0.798. The fourth-order valence-corrected chi connectivity index (χ4v) is 3.23. The summed E-state index contributed by atoms with van der Waals surface area (Å²) >= 11 is 6.03. The van der Waals surface area contributed by atoms with Crippen LogP contribution in [0.5, 0.6) is 5.75 Å². The van der Waals surface area contributed by atoms with E-state index in [0.717, 1.165) is 22.4 Å². The van der Waals surface area contributed by atoms with Gasteiger partial charge in [0.1, 0.15) is 11.8 Å². The Bertz CT molecular complexity index is 732. The molecule has 1 N–H and O–H groups in total. The molecule has 2 aromatic carbocycles. The normalized spacial score (nSPS) is 17.6. The lowest BCUT2D eigenvalue weighted by atomic mass is 9.93. The van der Waals surface area contributed by atoms with E-state index >= 15 is 0 Å². The number of rotatable bonds is 4. The molecule has 3 rings (SSSR count). The van der Waals surface area contributed by atoms with Crippen molar-refractivity contribution in [1.29, 1.82) is 0 Å². The van der Waals surface area contributed by atoms with Crippen LogP contribution in [0, 0.1) is 0 Å². The summed E-state index contributed by atoms with van der Waals surface area (Å²) in [5.74, 6) is -0.00581. The van der Waals surface area contributed by atoms with E-state index in [4.69, 9.17) is 16.3 Å². The fourth-order valence-electron chi connectivity index (χ4n) is 3.02. The Balaban J connectivity index is 1.89. The molecule has 0 saturated carbocycles. The molecule has 120 valence electrons. The number of nitrogens with zero attached hydrogens (tertiary/aromatic N) is 1. The summed E-state index contributed by atoms with van der Waals surface area (Å²) in [4.78, 5) is 13.6. The van der Waals surface area contributed by atoms with Gasteiger partial charge in [-0.05, 0) is 47.4 Å². The highest BCUT2D eigenvalue weighted by molar-refractivity contribution is 6.30. The number of carboxylic acid groups (broad SMARTS) is 1. The molecule has 5 heteroatoms. The standard InChI is InChI=1S/C18H18ClNO3/c1-23-16-6-5-13-9-17(18(21)22)20(11-14(13)8-16)10-12-3-2-4-15(19)7-12/h2-8,17H,9-11H2,1H3,(H,21,22). The van der Waals surface area contributed by atoms with Crippen LogP contribution in [0.1, 0.15) is 16.7 Å². The van der Waals surface area contributed by atoms with E-state index in [1.807, 2.05) is 47.4 Å². The van der Waals surface area contributed by atoms with Gasteiger partial charge in [0.05, 0.1) is 7.11 Å². The van der Waals surface area contributed by atoms with Crippen molar-refractivity contribution in [2.45, 2.75) is 25.6 Å². The monoisotopic (exact) mass is 331 g/mol. The third-order valence-electron chi connectivity index (χ3n) is 4.20. The molecule has 1 heterocycles. The van der Waals surface area contributed by atoms with Gasteiger partial charge in [0.15, 0.2) is 0 Å². The van der Waals surface area contributed by atoms with Crippen LogP contribution in [-0.2, 0) is 24.3 Å². The average Bonchev–Trinajstić information content (AvgIpc) is 2.53. The maximum absolute atomic E-state index is 11.7. The number of benzene rings is 2. The van der Waals surface area contributed by atoms with E-state index < -0.39 is 12.0 Å². The van der Waals surface area contributed by atoms with Gasteiger partial charge < -0.3 is 9.84 Å². The number of carboxylic acids is 1. The zero-order valence-electron chi connectivity index (χ0n) is 12.8. The zero-order valence-corrected chi connectivity index (χ0v) is 13.6. The van der Waals surface area contributed by atoms with E-state index in [2.05, 4.69) is 0 Å². The maximum atomic E-state index is 11.7. The topological polar surface area (TPSA) is 49.8 Å². The number of hydrogen-bond acceptors (Lipinski definition) is 3. The summed E-state index contributed by atoms with van der Waals surface area (Å²) in [6.45, 7) is 1.13. The Labute approximate surface area is 140 Å².